The van der Waals surface area contributed by atoms with E-state index < -0.39 is 0 Å². The molecule has 8 heteroatoms. The molecule has 2 amide bonds. The molecular formula is C20H21N5O2S. The summed E-state index contributed by atoms with van der Waals surface area (Å²) in [6.45, 7) is 1.70. The van der Waals surface area contributed by atoms with E-state index in [-0.39, 0.29) is 17.7 Å². The largest absolute Gasteiger partial charge is 0.351 e. The van der Waals surface area contributed by atoms with Crippen molar-refractivity contribution in [2.24, 2.45) is 5.92 Å². The van der Waals surface area contributed by atoms with Crippen molar-refractivity contribution in [1.29, 1.82) is 0 Å². The van der Waals surface area contributed by atoms with Crippen LogP contribution >= 0.6 is 11.3 Å². The number of aromatic nitrogens is 3. The average Bonchev–Trinajstić information content (AvgIpc) is 3.44. The lowest BCUT2D eigenvalue weighted by atomic mass is 9.95. The van der Waals surface area contributed by atoms with Crippen molar-refractivity contribution >= 4 is 23.2 Å². The van der Waals surface area contributed by atoms with Crippen LogP contribution < -0.4 is 5.32 Å². The standard InChI is InChI=1S/C20H21N5O2S/c26-19(22-13-15-4-3-11-28-15)14-6-9-25(10-7-14)20(27)18-12-17(23-24-18)16-5-1-2-8-21-16/h1-5,8,11-12,14H,6-7,9-10,13H2,(H,22,26)(H,23,24). The smallest absolute Gasteiger partial charge is 0.271 e. The lowest BCUT2D eigenvalue weighted by Crippen LogP contribution is -2.43. The molecule has 3 aromatic rings. The van der Waals surface area contributed by atoms with Crippen LogP contribution in [-0.4, -0.2) is 45.0 Å². The number of thiophene rings is 1. The normalized spacial score (nSPS) is 14.8. The summed E-state index contributed by atoms with van der Waals surface area (Å²) in [5.74, 6) is -0.0681. The average molecular weight is 395 g/mol. The first-order valence-corrected chi connectivity index (χ1v) is 10.1. The summed E-state index contributed by atoms with van der Waals surface area (Å²) >= 11 is 1.63. The van der Waals surface area contributed by atoms with Crippen LogP contribution in [0, 0.1) is 5.92 Å². The van der Waals surface area contributed by atoms with E-state index >= 15 is 0 Å². The van der Waals surface area contributed by atoms with E-state index in [2.05, 4.69) is 20.5 Å². The summed E-state index contributed by atoms with van der Waals surface area (Å²) in [5, 5.41) is 12.0. The number of nitrogens with zero attached hydrogens (tertiary/aromatic N) is 3. The Bertz CT molecular complexity index is 931. The predicted octanol–water partition coefficient (Wildman–Crippen LogP) is 2.70. The zero-order valence-corrected chi connectivity index (χ0v) is 16.1. The van der Waals surface area contributed by atoms with Crippen LogP contribution in [0.5, 0.6) is 0 Å². The Hall–Kier alpha value is -3.00. The Labute approximate surface area is 166 Å². The van der Waals surface area contributed by atoms with Gasteiger partial charge in [-0.2, -0.15) is 5.10 Å². The minimum Gasteiger partial charge on any atom is -0.351 e. The highest BCUT2D eigenvalue weighted by atomic mass is 32.1. The topological polar surface area (TPSA) is 91.0 Å². The van der Waals surface area contributed by atoms with Crippen LogP contribution in [0.3, 0.4) is 0 Å². The van der Waals surface area contributed by atoms with Gasteiger partial charge in [-0.3, -0.25) is 19.7 Å². The fourth-order valence-electron chi connectivity index (χ4n) is 3.32. The zero-order valence-electron chi connectivity index (χ0n) is 15.3. The van der Waals surface area contributed by atoms with Crippen molar-refractivity contribution in [1.82, 2.24) is 25.4 Å². The van der Waals surface area contributed by atoms with Crippen molar-refractivity contribution < 1.29 is 9.59 Å². The van der Waals surface area contributed by atoms with Crippen molar-refractivity contribution in [2.45, 2.75) is 19.4 Å². The second-order valence-corrected chi connectivity index (χ2v) is 7.78. The van der Waals surface area contributed by atoms with Crippen LogP contribution in [0.25, 0.3) is 11.4 Å². The molecule has 7 nitrogen and oxygen atoms in total. The number of aromatic amines is 1. The molecule has 0 aromatic carbocycles. The molecule has 3 aromatic heterocycles. The molecule has 0 spiro atoms. The maximum atomic E-state index is 12.7. The maximum absolute atomic E-state index is 12.7. The molecule has 0 radical (unpaired) electrons. The monoisotopic (exact) mass is 395 g/mol. The number of hydrogen-bond acceptors (Lipinski definition) is 5. The van der Waals surface area contributed by atoms with Gasteiger partial charge in [0, 0.05) is 30.1 Å². The fourth-order valence-corrected chi connectivity index (χ4v) is 3.97. The third kappa shape index (κ3) is 4.12. The van der Waals surface area contributed by atoms with E-state index in [4.69, 9.17) is 0 Å². The molecule has 0 aliphatic carbocycles. The molecule has 4 rings (SSSR count). The van der Waals surface area contributed by atoms with Crippen LogP contribution in [0.15, 0.2) is 48.0 Å². The summed E-state index contributed by atoms with van der Waals surface area (Å²) in [5.41, 5.74) is 1.81. The number of pyridine rings is 1. The molecular weight excluding hydrogens is 374 g/mol. The first-order valence-electron chi connectivity index (χ1n) is 9.27. The predicted molar refractivity (Wildman–Crippen MR) is 107 cm³/mol. The molecule has 0 unspecified atom stereocenters. The van der Waals surface area contributed by atoms with E-state index in [9.17, 15) is 9.59 Å². The van der Waals surface area contributed by atoms with Crippen molar-refractivity contribution in [3.05, 3.63) is 58.5 Å². The number of carbonyl (C=O) groups is 2. The van der Waals surface area contributed by atoms with Gasteiger partial charge in [0.05, 0.1) is 12.2 Å². The molecule has 28 heavy (non-hydrogen) atoms. The van der Waals surface area contributed by atoms with Gasteiger partial charge in [-0.15, -0.1) is 11.3 Å². The highest BCUT2D eigenvalue weighted by Crippen LogP contribution is 2.21. The molecule has 144 valence electrons. The Morgan fingerprint density at radius 3 is 2.75 bits per heavy atom. The number of rotatable bonds is 5. The van der Waals surface area contributed by atoms with Crippen LogP contribution in [0.4, 0.5) is 0 Å². The molecule has 0 atom stereocenters. The van der Waals surface area contributed by atoms with Gasteiger partial charge < -0.3 is 10.2 Å². The number of carbonyl (C=O) groups excluding carboxylic acids is 2. The Kier molecular flexibility index (Phi) is 5.48. The number of nitrogens with one attached hydrogen (secondary N) is 2. The highest BCUT2D eigenvalue weighted by molar-refractivity contribution is 7.09. The van der Waals surface area contributed by atoms with E-state index in [1.165, 1.54) is 0 Å². The summed E-state index contributed by atoms with van der Waals surface area (Å²) in [7, 11) is 0. The summed E-state index contributed by atoms with van der Waals surface area (Å²) < 4.78 is 0. The second kappa shape index (κ2) is 8.35. The number of piperidine rings is 1. The first kappa shape index (κ1) is 18.4. The molecule has 0 saturated carbocycles. The van der Waals surface area contributed by atoms with E-state index in [1.54, 1.807) is 28.5 Å². The van der Waals surface area contributed by atoms with Gasteiger partial charge >= 0.3 is 0 Å². The summed E-state index contributed by atoms with van der Waals surface area (Å²) in [6, 6.07) is 11.3. The minimum atomic E-state index is -0.0906. The Balaban J connectivity index is 1.30. The van der Waals surface area contributed by atoms with Gasteiger partial charge in [0.2, 0.25) is 5.91 Å². The van der Waals surface area contributed by atoms with Gasteiger partial charge in [-0.25, -0.2) is 0 Å². The van der Waals surface area contributed by atoms with Crippen LogP contribution in [0.2, 0.25) is 0 Å². The SMILES string of the molecule is O=C(NCc1cccs1)C1CCN(C(=O)c2cc(-c3ccccn3)n[nH]2)CC1. The lowest BCUT2D eigenvalue weighted by molar-refractivity contribution is -0.126. The molecule has 4 heterocycles. The zero-order chi connectivity index (χ0) is 19.3. The van der Waals surface area contributed by atoms with Crippen molar-refractivity contribution in [3.63, 3.8) is 0 Å². The third-order valence-electron chi connectivity index (χ3n) is 4.91. The minimum absolute atomic E-state index is 0.0464. The molecule has 0 bridgehead atoms. The van der Waals surface area contributed by atoms with E-state index in [0.29, 0.717) is 43.9 Å². The van der Waals surface area contributed by atoms with Gasteiger partial charge in [-0.05, 0) is 42.5 Å². The molecule has 1 saturated heterocycles. The van der Waals surface area contributed by atoms with Gasteiger partial charge in [0.25, 0.3) is 5.91 Å². The maximum Gasteiger partial charge on any atom is 0.271 e. The molecule has 2 N–H and O–H groups in total. The molecule has 1 fully saturated rings. The number of amides is 2. The third-order valence-corrected chi connectivity index (χ3v) is 5.78. The van der Waals surface area contributed by atoms with Crippen molar-refractivity contribution in [3.8, 4) is 11.4 Å². The Morgan fingerprint density at radius 2 is 2.04 bits per heavy atom. The number of H-pyrrole nitrogens is 1. The quantitative estimate of drug-likeness (QED) is 0.695. The van der Waals surface area contributed by atoms with Gasteiger partial charge in [-0.1, -0.05) is 12.1 Å². The molecule has 1 aliphatic rings. The highest BCUT2D eigenvalue weighted by Gasteiger charge is 2.28. The van der Waals surface area contributed by atoms with Gasteiger partial charge in [0.15, 0.2) is 0 Å². The first-order chi connectivity index (χ1) is 13.7. The Morgan fingerprint density at radius 1 is 1.18 bits per heavy atom. The van der Waals surface area contributed by atoms with Crippen LogP contribution in [-0.2, 0) is 11.3 Å². The van der Waals surface area contributed by atoms with Crippen molar-refractivity contribution in [2.75, 3.05) is 13.1 Å². The summed E-state index contributed by atoms with van der Waals surface area (Å²) in [4.78, 5) is 32.3. The number of hydrogen-bond donors (Lipinski definition) is 2. The van der Waals surface area contributed by atoms with E-state index in [1.807, 2.05) is 35.7 Å². The van der Waals surface area contributed by atoms with E-state index in [0.717, 1.165) is 10.6 Å². The fraction of sp³-hybridized carbons (Fsp3) is 0.300. The lowest BCUT2D eigenvalue weighted by Gasteiger charge is -2.31. The van der Waals surface area contributed by atoms with Crippen LogP contribution in [0.1, 0.15) is 28.2 Å². The molecule has 1 aliphatic heterocycles. The van der Waals surface area contributed by atoms with Gasteiger partial charge in [0.1, 0.15) is 11.4 Å². The second-order valence-electron chi connectivity index (χ2n) is 6.75. The number of likely N-dealkylation sites (tertiary alicyclic amines) is 1. The summed E-state index contributed by atoms with van der Waals surface area (Å²) in [6.07, 6.45) is 3.03.